The van der Waals surface area contributed by atoms with Crippen molar-refractivity contribution in [1.82, 2.24) is 5.32 Å². The van der Waals surface area contributed by atoms with E-state index >= 15 is 0 Å². The first kappa shape index (κ1) is 12.5. The number of rotatable bonds is 3. The Morgan fingerprint density at radius 2 is 1.93 bits per heavy atom. The molecule has 3 nitrogen and oxygen atoms in total. The van der Waals surface area contributed by atoms with Crippen LogP contribution in [0, 0.1) is 5.92 Å². The first-order chi connectivity index (χ1) is 6.97. The van der Waals surface area contributed by atoms with Crippen LogP contribution in [0.5, 0.6) is 0 Å². The van der Waals surface area contributed by atoms with E-state index < -0.39 is 0 Å². The third kappa shape index (κ3) is 5.78. The third-order valence-electron chi connectivity index (χ3n) is 2.63. The Kier molecular flexibility index (Phi) is 4.58. The molecule has 0 spiro atoms. The fourth-order valence-electron chi connectivity index (χ4n) is 1.85. The summed E-state index contributed by atoms with van der Waals surface area (Å²) < 4.78 is 5.29. The molecule has 15 heavy (non-hydrogen) atoms. The number of ether oxygens (including phenoxy) is 1. The lowest BCUT2D eigenvalue weighted by atomic mass is 9.94. The van der Waals surface area contributed by atoms with Crippen LogP contribution in [-0.4, -0.2) is 24.7 Å². The molecule has 0 aliphatic carbocycles. The SMILES string of the molecule is CC(C)(C)NC(=O)CCC1CCOCC1. The summed E-state index contributed by atoms with van der Waals surface area (Å²) in [4.78, 5) is 11.6. The van der Waals surface area contributed by atoms with Gasteiger partial charge in [0.25, 0.3) is 0 Å². The molecule has 3 heteroatoms. The Morgan fingerprint density at radius 1 is 1.33 bits per heavy atom. The summed E-state index contributed by atoms with van der Waals surface area (Å²) in [6.45, 7) is 7.77. The summed E-state index contributed by atoms with van der Waals surface area (Å²) in [6, 6.07) is 0. The Bertz CT molecular complexity index is 202. The predicted octanol–water partition coefficient (Wildman–Crippen LogP) is 2.11. The molecule has 1 fully saturated rings. The lowest BCUT2D eigenvalue weighted by Gasteiger charge is -2.23. The second-order valence-corrected chi connectivity index (χ2v) is 5.39. The van der Waals surface area contributed by atoms with Gasteiger partial charge in [0.15, 0.2) is 0 Å². The minimum absolute atomic E-state index is 0.104. The van der Waals surface area contributed by atoms with E-state index in [0.29, 0.717) is 12.3 Å². The van der Waals surface area contributed by atoms with Gasteiger partial charge in [-0.3, -0.25) is 4.79 Å². The Morgan fingerprint density at radius 3 is 2.47 bits per heavy atom. The van der Waals surface area contributed by atoms with Crippen LogP contribution >= 0.6 is 0 Å². The van der Waals surface area contributed by atoms with Crippen molar-refractivity contribution in [3.8, 4) is 0 Å². The second kappa shape index (κ2) is 5.50. The summed E-state index contributed by atoms with van der Waals surface area (Å²) in [5.41, 5.74) is -0.104. The lowest BCUT2D eigenvalue weighted by molar-refractivity contribution is -0.122. The Hall–Kier alpha value is -0.570. The maximum atomic E-state index is 11.6. The third-order valence-corrected chi connectivity index (χ3v) is 2.63. The van der Waals surface area contributed by atoms with E-state index in [2.05, 4.69) is 5.32 Å². The number of hydrogen-bond acceptors (Lipinski definition) is 2. The molecule has 1 amide bonds. The van der Waals surface area contributed by atoms with E-state index in [1.54, 1.807) is 0 Å². The molecule has 0 aromatic rings. The van der Waals surface area contributed by atoms with Gasteiger partial charge in [0.2, 0.25) is 5.91 Å². The smallest absolute Gasteiger partial charge is 0.220 e. The van der Waals surface area contributed by atoms with Gasteiger partial charge in [0.1, 0.15) is 0 Å². The predicted molar refractivity (Wildman–Crippen MR) is 60.7 cm³/mol. The van der Waals surface area contributed by atoms with Crippen molar-refractivity contribution in [1.29, 1.82) is 0 Å². The second-order valence-electron chi connectivity index (χ2n) is 5.39. The monoisotopic (exact) mass is 213 g/mol. The average Bonchev–Trinajstić information content (AvgIpc) is 2.14. The molecule has 1 saturated heterocycles. The largest absolute Gasteiger partial charge is 0.381 e. The van der Waals surface area contributed by atoms with Crippen LogP contribution in [0.15, 0.2) is 0 Å². The minimum atomic E-state index is -0.104. The van der Waals surface area contributed by atoms with Crippen molar-refractivity contribution in [3.05, 3.63) is 0 Å². The number of hydrogen-bond donors (Lipinski definition) is 1. The van der Waals surface area contributed by atoms with Crippen LogP contribution in [0.3, 0.4) is 0 Å². The van der Waals surface area contributed by atoms with E-state index in [0.717, 1.165) is 32.5 Å². The van der Waals surface area contributed by atoms with Crippen molar-refractivity contribution < 1.29 is 9.53 Å². The van der Waals surface area contributed by atoms with Crippen LogP contribution in [0.4, 0.5) is 0 Å². The van der Waals surface area contributed by atoms with E-state index in [9.17, 15) is 4.79 Å². The maximum absolute atomic E-state index is 11.6. The zero-order valence-corrected chi connectivity index (χ0v) is 10.1. The quantitative estimate of drug-likeness (QED) is 0.779. The molecule has 0 atom stereocenters. The zero-order valence-electron chi connectivity index (χ0n) is 10.1. The van der Waals surface area contributed by atoms with Gasteiger partial charge < -0.3 is 10.1 Å². The molecule has 1 aliphatic heterocycles. The van der Waals surface area contributed by atoms with Gasteiger partial charge in [-0.2, -0.15) is 0 Å². The van der Waals surface area contributed by atoms with Gasteiger partial charge in [0.05, 0.1) is 0 Å². The summed E-state index contributed by atoms with van der Waals surface area (Å²) in [6.07, 6.45) is 3.89. The van der Waals surface area contributed by atoms with Crippen molar-refractivity contribution in [2.75, 3.05) is 13.2 Å². The molecule has 0 saturated carbocycles. The highest BCUT2D eigenvalue weighted by Crippen LogP contribution is 2.19. The van der Waals surface area contributed by atoms with Gasteiger partial charge >= 0.3 is 0 Å². The number of carbonyl (C=O) groups excluding carboxylic acids is 1. The molecule has 0 radical (unpaired) electrons. The number of amides is 1. The van der Waals surface area contributed by atoms with Crippen molar-refractivity contribution in [2.45, 2.75) is 52.0 Å². The van der Waals surface area contributed by atoms with Gasteiger partial charge in [-0.15, -0.1) is 0 Å². The molecule has 1 rings (SSSR count). The highest BCUT2D eigenvalue weighted by molar-refractivity contribution is 5.76. The molecule has 0 bridgehead atoms. The van der Waals surface area contributed by atoms with Crippen molar-refractivity contribution >= 4 is 5.91 Å². The summed E-state index contributed by atoms with van der Waals surface area (Å²) >= 11 is 0. The summed E-state index contributed by atoms with van der Waals surface area (Å²) in [5.74, 6) is 0.860. The zero-order chi connectivity index (χ0) is 11.3. The van der Waals surface area contributed by atoms with E-state index in [1.807, 2.05) is 20.8 Å². The van der Waals surface area contributed by atoms with Crippen LogP contribution in [0.25, 0.3) is 0 Å². The topological polar surface area (TPSA) is 38.3 Å². The Labute approximate surface area is 92.6 Å². The Balaban J connectivity index is 2.15. The molecule has 1 N–H and O–H groups in total. The molecule has 88 valence electrons. The highest BCUT2D eigenvalue weighted by atomic mass is 16.5. The molecular weight excluding hydrogens is 190 g/mol. The van der Waals surface area contributed by atoms with Crippen molar-refractivity contribution in [2.24, 2.45) is 5.92 Å². The standard InChI is InChI=1S/C12H23NO2/c1-12(2,3)13-11(14)5-4-10-6-8-15-9-7-10/h10H,4-9H2,1-3H3,(H,13,14). The van der Waals surface area contributed by atoms with Gasteiger partial charge in [-0.05, 0) is 46.0 Å². The molecule has 1 heterocycles. The first-order valence-electron chi connectivity index (χ1n) is 5.86. The van der Waals surface area contributed by atoms with Crippen LogP contribution in [0.2, 0.25) is 0 Å². The normalized spacial score (nSPS) is 18.9. The molecule has 0 unspecified atom stereocenters. The van der Waals surface area contributed by atoms with Crippen LogP contribution in [0.1, 0.15) is 46.5 Å². The molecule has 0 aromatic heterocycles. The average molecular weight is 213 g/mol. The van der Waals surface area contributed by atoms with Crippen LogP contribution < -0.4 is 5.32 Å². The van der Waals surface area contributed by atoms with Gasteiger partial charge in [-0.1, -0.05) is 0 Å². The van der Waals surface area contributed by atoms with E-state index in [1.165, 1.54) is 0 Å². The molecule has 0 aromatic carbocycles. The van der Waals surface area contributed by atoms with Crippen molar-refractivity contribution in [3.63, 3.8) is 0 Å². The maximum Gasteiger partial charge on any atom is 0.220 e. The lowest BCUT2D eigenvalue weighted by Crippen LogP contribution is -2.40. The minimum Gasteiger partial charge on any atom is -0.381 e. The number of nitrogens with one attached hydrogen (secondary N) is 1. The highest BCUT2D eigenvalue weighted by Gasteiger charge is 2.17. The van der Waals surface area contributed by atoms with Gasteiger partial charge in [-0.25, -0.2) is 0 Å². The van der Waals surface area contributed by atoms with Crippen LogP contribution in [-0.2, 0) is 9.53 Å². The van der Waals surface area contributed by atoms with E-state index in [4.69, 9.17) is 4.74 Å². The first-order valence-corrected chi connectivity index (χ1v) is 5.86. The fourth-order valence-corrected chi connectivity index (χ4v) is 1.85. The molecular formula is C12H23NO2. The van der Waals surface area contributed by atoms with Gasteiger partial charge in [0, 0.05) is 25.2 Å². The van der Waals surface area contributed by atoms with E-state index in [-0.39, 0.29) is 11.4 Å². The molecule has 1 aliphatic rings. The number of carbonyl (C=O) groups is 1. The summed E-state index contributed by atoms with van der Waals surface area (Å²) in [7, 11) is 0. The summed E-state index contributed by atoms with van der Waals surface area (Å²) in [5, 5.41) is 2.99. The fraction of sp³-hybridized carbons (Fsp3) is 0.917.